The number of halogens is 1. The van der Waals surface area contributed by atoms with Gasteiger partial charge in [-0.25, -0.2) is 0 Å². The summed E-state index contributed by atoms with van der Waals surface area (Å²) in [7, 11) is -3.56. The summed E-state index contributed by atoms with van der Waals surface area (Å²) in [4.78, 5) is 0.246. The average molecular weight is 386 g/mol. The second-order valence-electron chi connectivity index (χ2n) is 4.73. The average Bonchev–Trinajstić information content (AvgIpc) is 2.49. The zero-order valence-corrected chi connectivity index (χ0v) is 14.6. The number of benzene rings is 2. The van der Waals surface area contributed by atoms with Gasteiger partial charge in [-0.15, -0.1) is 4.21 Å². The van der Waals surface area contributed by atoms with Crippen molar-refractivity contribution < 1.29 is 17.3 Å². The monoisotopic (exact) mass is 385 g/mol. The van der Waals surface area contributed by atoms with Crippen LogP contribution in [0.2, 0.25) is 0 Å². The van der Waals surface area contributed by atoms with Crippen molar-refractivity contribution in [2.75, 3.05) is 11.9 Å². The number of rotatable bonds is 7. The second-order valence-corrected chi connectivity index (χ2v) is 7.12. The van der Waals surface area contributed by atoms with Crippen LogP contribution in [0.4, 0.5) is 0 Å². The smallest absolute Gasteiger partial charge is 0.485 e. The first-order valence-electron chi connectivity index (χ1n) is 6.83. The molecule has 2 aromatic rings. The van der Waals surface area contributed by atoms with Crippen LogP contribution in [0.1, 0.15) is 12.0 Å². The molecule has 0 aliphatic heterocycles. The third-order valence-electron chi connectivity index (χ3n) is 2.90. The van der Waals surface area contributed by atoms with E-state index in [1.165, 1.54) is 0 Å². The van der Waals surface area contributed by atoms with Gasteiger partial charge in [-0.1, -0.05) is 33.6 Å². The van der Waals surface area contributed by atoms with Gasteiger partial charge in [-0.2, -0.15) is 4.21 Å². The summed E-state index contributed by atoms with van der Waals surface area (Å²) < 4.78 is 33.0. The van der Waals surface area contributed by atoms with Crippen LogP contribution in [0.3, 0.4) is 0 Å². The lowest BCUT2D eigenvalue weighted by atomic mass is 10.2. The summed E-state index contributed by atoms with van der Waals surface area (Å²) in [5.74, 6) is 1.02. The molecule has 0 amide bonds. The number of hydrogen-bond donors (Lipinski definition) is 0. The Morgan fingerprint density at radius 1 is 1.05 bits per heavy atom. The topological polar surface area (TPSA) is 56.9 Å². The Bertz CT molecular complexity index is 694. The Hall–Kier alpha value is -1.53. The number of alkyl halides is 1. The van der Waals surface area contributed by atoms with Gasteiger partial charge in [-0.05, 0) is 49.7 Å². The molecule has 0 spiro atoms. The van der Waals surface area contributed by atoms with Crippen LogP contribution in [0.25, 0.3) is 0 Å². The van der Waals surface area contributed by atoms with Crippen LogP contribution < -0.4 is 8.92 Å². The summed E-state index contributed by atoms with van der Waals surface area (Å²) >= 11 is 3.33. The Balaban J connectivity index is 2.05. The van der Waals surface area contributed by atoms with Crippen molar-refractivity contribution in [1.29, 1.82) is 0 Å². The molecule has 1 N–H and O–H groups in total. The molecule has 118 valence electrons. The molecule has 2 aromatic carbocycles. The number of hydrogen-bond acceptors (Lipinski definition) is 3. The highest BCUT2D eigenvalue weighted by molar-refractivity contribution is 9.09. The van der Waals surface area contributed by atoms with E-state index < -0.39 is 10.1 Å². The maximum atomic E-state index is 12.3. The van der Waals surface area contributed by atoms with Crippen LogP contribution in [0.5, 0.6) is 11.5 Å². The fraction of sp³-hybridized carbons (Fsp3) is 0.250. The Morgan fingerprint density at radius 2 is 1.64 bits per heavy atom. The Labute approximate surface area is 139 Å². The first kappa shape index (κ1) is 16.8. The van der Waals surface area contributed by atoms with Crippen molar-refractivity contribution in [3.05, 3.63) is 54.1 Å². The second kappa shape index (κ2) is 7.65. The molecule has 0 heterocycles. The van der Waals surface area contributed by atoms with Crippen molar-refractivity contribution in [1.82, 2.24) is 0 Å². The molecule has 4 nitrogen and oxygen atoms in total. The molecule has 0 saturated carbocycles. The fourth-order valence-corrected chi connectivity index (χ4v) is 2.90. The normalized spacial score (nSPS) is 13.4. The van der Waals surface area contributed by atoms with Gasteiger partial charge in [0, 0.05) is 5.33 Å². The first-order valence-corrected chi connectivity index (χ1v) is 9.39. The van der Waals surface area contributed by atoms with Gasteiger partial charge < -0.3 is 8.92 Å². The Morgan fingerprint density at radius 3 is 2.23 bits per heavy atom. The van der Waals surface area contributed by atoms with Gasteiger partial charge in [0.05, 0.1) is 6.61 Å². The fourth-order valence-electron chi connectivity index (χ4n) is 1.72. The highest BCUT2D eigenvalue weighted by atomic mass is 79.9. The predicted molar refractivity (Wildman–Crippen MR) is 90.5 cm³/mol. The lowest BCUT2D eigenvalue weighted by Crippen LogP contribution is -2.09. The summed E-state index contributed by atoms with van der Waals surface area (Å²) in [5.41, 5.74) is 1.02. The lowest BCUT2D eigenvalue weighted by molar-refractivity contribution is 0.319. The molecule has 0 bridgehead atoms. The molecule has 1 unspecified atom stereocenters. The van der Waals surface area contributed by atoms with E-state index in [9.17, 15) is 8.42 Å². The summed E-state index contributed by atoms with van der Waals surface area (Å²) in [6.45, 7) is 2.53. The maximum Gasteiger partial charge on any atom is 0.485 e. The van der Waals surface area contributed by atoms with Crippen LogP contribution in [-0.4, -0.2) is 20.4 Å². The minimum absolute atomic E-state index is 0.246. The van der Waals surface area contributed by atoms with Gasteiger partial charge >= 0.3 is 10.1 Å². The van der Waals surface area contributed by atoms with E-state index >= 15 is 0 Å². The minimum Gasteiger partial charge on any atom is -0.494 e. The minimum atomic E-state index is -3.56. The molecule has 0 radical (unpaired) electrons. The van der Waals surface area contributed by atoms with Gasteiger partial charge in [0.1, 0.15) is 11.5 Å². The molecule has 0 saturated heterocycles. The maximum absolute atomic E-state index is 12.3. The largest absolute Gasteiger partial charge is 0.494 e. The summed E-state index contributed by atoms with van der Waals surface area (Å²) in [6.07, 6.45) is 0.913. The molecule has 2 rings (SSSR count). The molecule has 0 aliphatic rings. The molecular weight excluding hydrogens is 368 g/mol. The molecular formula is C16H18BrO4S+. The molecule has 22 heavy (non-hydrogen) atoms. The number of aryl methyl sites for hydroxylation is 1. The molecule has 0 aliphatic carbocycles. The van der Waals surface area contributed by atoms with Gasteiger partial charge in [0.25, 0.3) is 0 Å². The molecule has 0 aromatic heterocycles. The molecule has 0 fully saturated rings. The van der Waals surface area contributed by atoms with E-state index in [1.54, 1.807) is 48.5 Å². The van der Waals surface area contributed by atoms with Gasteiger partial charge in [0.2, 0.25) is 0 Å². The van der Waals surface area contributed by atoms with E-state index in [2.05, 4.69) is 15.9 Å². The van der Waals surface area contributed by atoms with Crippen molar-refractivity contribution in [2.45, 2.75) is 18.2 Å². The predicted octanol–water partition coefficient (Wildman–Crippen LogP) is 4.08. The highest BCUT2D eigenvalue weighted by Gasteiger charge is 2.23. The highest BCUT2D eigenvalue weighted by Crippen LogP contribution is 2.22. The van der Waals surface area contributed by atoms with E-state index in [4.69, 9.17) is 8.92 Å². The van der Waals surface area contributed by atoms with E-state index in [-0.39, 0.29) is 4.90 Å². The quantitative estimate of drug-likeness (QED) is 0.312. The third kappa shape index (κ3) is 4.74. The van der Waals surface area contributed by atoms with Gasteiger partial charge in [0.15, 0.2) is 4.90 Å². The van der Waals surface area contributed by atoms with Crippen molar-refractivity contribution >= 4 is 26.0 Å². The number of ether oxygens (including phenoxy) is 1. The van der Waals surface area contributed by atoms with Crippen molar-refractivity contribution in [3.63, 3.8) is 0 Å². The third-order valence-corrected chi connectivity index (χ3v) is 4.75. The zero-order chi connectivity index (χ0) is 16.0. The zero-order valence-electron chi connectivity index (χ0n) is 12.2. The van der Waals surface area contributed by atoms with Crippen molar-refractivity contribution in [2.24, 2.45) is 0 Å². The summed E-state index contributed by atoms with van der Waals surface area (Å²) in [6, 6.07) is 13.4. The van der Waals surface area contributed by atoms with E-state index in [0.29, 0.717) is 18.1 Å². The van der Waals surface area contributed by atoms with Crippen LogP contribution >= 0.6 is 15.9 Å². The summed E-state index contributed by atoms with van der Waals surface area (Å²) in [5, 5.41) is 0.886. The van der Waals surface area contributed by atoms with Gasteiger partial charge in [-0.3, -0.25) is 0 Å². The first-order chi connectivity index (χ1) is 10.5. The molecule has 6 heteroatoms. The van der Waals surface area contributed by atoms with E-state index in [1.807, 2.05) is 6.92 Å². The lowest BCUT2D eigenvalue weighted by Gasteiger charge is -2.06. The Kier molecular flexibility index (Phi) is 5.85. The standard InChI is InChI=1S/C16H17BrO4S/c1-13-3-9-16(10-4-13)22(18,19)21-15-7-5-14(6-8-15)20-12-2-11-17/h3-10H,2,11-12H2,1H3/p+1. The SMILES string of the molecule is Cc1ccc(S(=O)(=[OH+])Oc2ccc(OCCCBr)cc2)cc1. The van der Waals surface area contributed by atoms with E-state index in [0.717, 1.165) is 17.3 Å². The van der Waals surface area contributed by atoms with Crippen LogP contribution in [0, 0.1) is 6.92 Å². The van der Waals surface area contributed by atoms with Crippen molar-refractivity contribution in [3.8, 4) is 11.5 Å². The van der Waals surface area contributed by atoms with Crippen LogP contribution in [-0.2, 0) is 10.1 Å². The molecule has 1 atom stereocenters. The van der Waals surface area contributed by atoms with Crippen LogP contribution in [0.15, 0.2) is 53.4 Å².